The van der Waals surface area contributed by atoms with Gasteiger partial charge in [-0.25, -0.2) is 0 Å². The minimum atomic E-state index is -3.35. The zero-order valence-electron chi connectivity index (χ0n) is 13.1. The van der Waals surface area contributed by atoms with E-state index >= 15 is 0 Å². The van der Waals surface area contributed by atoms with Crippen molar-refractivity contribution in [3.8, 4) is 5.75 Å². The third-order valence-electron chi connectivity index (χ3n) is 3.49. The monoisotopic (exact) mass is 345 g/mol. The van der Waals surface area contributed by atoms with Gasteiger partial charge in [-0.2, -0.15) is 4.72 Å². The highest BCUT2D eigenvalue weighted by Gasteiger charge is 2.36. The van der Waals surface area contributed by atoms with Gasteiger partial charge in [0.2, 0.25) is 5.91 Å². The van der Waals surface area contributed by atoms with Crippen LogP contribution in [-0.2, 0) is 11.2 Å². The van der Waals surface area contributed by atoms with E-state index < -0.39 is 17.2 Å². The van der Waals surface area contributed by atoms with Gasteiger partial charge in [0.15, 0.2) is 0 Å². The Kier molecular flexibility index (Phi) is 5.37. The Morgan fingerprint density at radius 3 is 2.70 bits per heavy atom. The van der Waals surface area contributed by atoms with Crippen LogP contribution in [0.2, 0.25) is 0 Å². The first-order chi connectivity index (χ1) is 10.7. The number of nitrogens with zero attached hydrogens (tertiary/aromatic N) is 1. The van der Waals surface area contributed by atoms with E-state index in [-0.39, 0.29) is 29.8 Å². The van der Waals surface area contributed by atoms with Crippen molar-refractivity contribution in [2.75, 3.05) is 17.4 Å². The van der Waals surface area contributed by atoms with E-state index in [9.17, 15) is 24.1 Å². The summed E-state index contributed by atoms with van der Waals surface area (Å²) >= 11 is 0. The molecule has 1 amide bonds. The molecule has 1 heterocycles. The zero-order valence-corrected chi connectivity index (χ0v) is 13.9. The Labute approximate surface area is 136 Å². The summed E-state index contributed by atoms with van der Waals surface area (Å²) in [6.07, 6.45) is -0.533. The van der Waals surface area contributed by atoms with Gasteiger partial charge < -0.3 is 15.5 Å². The molecule has 0 aromatic heterocycles. The van der Waals surface area contributed by atoms with Crippen LogP contribution in [0.1, 0.15) is 19.4 Å². The fourth-order valence-corrected chi connectivity index (χ4v) is 3.59. The number of benzene rings is 1. The van der Waals surface area contributed by atoms with Gasteiger partial charge in [-0.3, -0.25) is 18.2 Å². The number of aliphatic hydroxyl groups excluding tert-OH is 1. The van der Waals surface area contributed by atoms with Crippen LogP contribution in [0.5, 0.6) is 5.75 Å². The summed E-state index contributed by atoms with van der Waals surface area (Å²) in [6, 6.07) is 4.80. The second kappa shape index (κ2) is 6.93. The highest BCUT2D eigenvalue weighted by molar-refractivity contribution is 8.24. The molecule has 1 fully saturated rings. The topological polar surface area (TPSA) is 125 Å². The van der Waals surface area contributed by atoms with Gasteiger partial charge in [-0.05, 0) is 24.1 Å². The average molecular weight is 345 g/mol. The molecule has 0 radical (unpaired) electrons. The lowest BCUT2D eigenvalue weighted by molar-refractivity contribution is -0.123. The maximum atomic E-state index is 11.5. The van der Waals surface area contributed by atoms with Crippen molar-refractivity contribution < 1.29 is 24.1 Å². The minimum absolute atomic E-state index is 0.0306. The Bertz CT molecular complexity index is 582. The number of aliphatic hydroxyl groups is 1. The lowest BCUT2D eigenvalue weighted by Gasteiger charge is -2.36. The lowest BCUT2D eigenvalue weighted by atomic mass is 10.1. The zero-order chi connectivity index (χ0) is 17.2. The van der Waals surface area contributed by atoms with Crippen molar-refractivity contribution in [2.45, 2.75) is 26.5 Å². The van der Waals surface area contributed by atoms with Crippen LogP contribution < -0.4 is 14.3 Å². The van der Waals surface area contributed by atoms with Gasteiger partial charge in [-0.1, -0.05) is 30.9 Å². The number of hydrogen-bond acceptors (Lipinski definition) is 7. The molecular formula is C14H23N3O5S. The Morgan fingerprint density at radius 1 is 1.48 bits per heavy atom. The van der Waals surface area contributed by atoms with Gasteiger partial charge in [0.25, 0.3) is 0 Å². The Hall–Kier alpha value is -1.52. The molecule has 0 aliphatic carbocycles. The highest BCUT2D eigenvalue weighted by Crippen LogP contribution is 2.49. The van der Waals surface area contributed by atoms with Crippen LogP contribution >= 0.6 is 11.0 Å². The molecule has 1 aliphatic heterocycles. The van der Waals surface area contributed by atoms with Gasteiger partial charge in [-0.15, -0.1) is 0 Å². The molecule has 1 aliphatic rings. The number of carbonyl (C=O) groups is 1. The summed E-state index contributed by atoms with van der Waals surface area (Å²) in [5.41, 5.74) is 1.03. The summed E-state index contributed by atoms with van der Waals surface area (Å²) < 4.78 is 23.1. The van der Waals surface area contributed by atoms with Crippen LogP contribution in [-0.4, -0.2) is 44.5 Å². The fourth-order valence-electron chi connectivity index (χ4n) is 2.25. The molecule has 0 spiro atoms. The van der Waals surface area contributed by atoms with E-state index in [2.05, 4.69) is 10.0 Å². The average Bonchev–Trinajstić information content (AvgIpc) is 2.71. The molecular weight excluding hydrogens is 322 g/mol. The van der Waals surface area contributed by atoms with Crippen LogP contribution in [0.15, 0.2) is 18.2 Å². The molecule has 130 valence electrons. The van der Waals surface area contributed by atoms with Crippen molar-refractivity contribution in [2.24, 2.45) is 5.92 Å². The number of nitrogens with one attached hydrogen (secondary N) is 2. The molecule has 8 nitrogen and oxygen atoms in total. The Balaban J connectivity index is 2.02. The van der Waals surface area contributed by atoms with Gasteiger partial charge in [0.05, 0.1) is 6.54 Å². The quantitative estimate of drug-likeness (QED) is 0.470. The molecule has 6 N–H and O–H groups in total. The van der Waals surface area contributed by atoms with E-state index in [0.29, 0.717) is 13.0 Å². The predicted molar refractivity (Wildman–Crippen MR) is 89.0 cm³/mol. The number of rotatable bonds is 5. The van der Waals surface area contributed by atoms with Crippen LogP contribution in [0.25, 0.3) is 0 Å². The molecule has 23 heavy (non-hydrogen) atoms. The first-order valence-corrected chi connectivity index (χ1v) is 8.82. The number of phenolic OH excluding ortho intramolecular Hbond substituents is 1. The van der Waals surface area contributed by atoms with Gasteiger partial charge in [0, 0.05) is 12.5 Å². The molecule has 0 saturated carbocycles. The predicted octanol–water partition coefficient (Wildman–Crippen LogP) is 1.02. The number of phenols is 1. The lowest BCUT2D eigenvalue weighted by Crippen LogP contribution is -2.29. The maximum absolute atomic E-state index is 11.5. The minimum Gasteiger partial charge on any atom is -0.506 e. The van der Waals surface area contributed by atoms with Crippen LogP contribution in [0.4, 0.5) is 5.69 Å². The number of β-amino-alcohol motifs (C(OH)–C–C–N with tert-alkyl or cyclic N) is 1. The van der Waals surface area contributed by atoms with Crippen molar-refractivity contribution in [1.82, 2.24) is 10.0 Å². The molecule has 1 saturated heterocycles. The maximum Gasteiger partial charge on any atom is 0.222 e. The molecule has 2 rings (SSSR count). The largest absolute Gasteiger partial charge is 0.506 e. The summed E-state index contributed by atoms with van der Waals surface area (Å²) in [5, 5.41) is 22.4. The smallest absolute Gasteiger partial charge is 0.222 e. The van der Waals surface area contributed by atoms with Crippen LogP contribution in [0, 0.1) is 5.92 Å². The van der Waals surface area contributed by atoms with Crippen molar-refractivity contribution in [1.29, 1.82) is 0 Å². The third kappa shape index (κ3) is 4.27. The highest BCUT2D eigenvalue weighted by atomic mass is 32.3. The number of carbonyl (C=O) groups excluding carboxylic acids is 1. The molecule has 1 unspecified atom stereocenters. The van der Waals surface area contributed by atoms with E-state index in [1.807, 2.05) is 13.8 Å². The van der Waals surface area contributed by atoms with E-state index in [4.69, 9.17) is 0 Å². The van der Waals surface area contributed by atoms with Gasteiger partial charge in [0.1, 0.15) is 17.7 Å². The van der Waals surface area contributed by atoms with E-state index in [1.54, 1.807) is 12.1 Å². The standard InChI is InChI=1S/C14H23N3O5S/c1-9(2)14(20)15-6-5-10-3-4-11(12(18)7-10)17-8-13(19)16-23(17,21)22/h3-4,7,9,13,16,18-19,21-22H,5-6,8H2,1-2H3,(H,15,20). The molecule has 1 aromatic carbocycles. The SMILES string of the molecule is CC(C)C(=O)NCCc1ccc(N2CC(O)NS2(O)O)c(O)c1. The number of amides is 1. The summed E-state index contributed by atoms with van der Waals surface area (Å²) in [4.78, 5) is 11.5. The number of hydrogen-bond donors (Lipinski definition) is 6. The normalized spacial score (nSPS) is 21.5. The van der Waals surface area contributed by atoms with E-state index in [1.165, 1.54) is 6.07 Å². The first-order valence-electron chi connectivity index (χ1n) is 7.31. The molecule has 0 bridgehead atoms. The molecule has 1 atom stereocenters. The molecule has 1 aromatic rings. The van der Waals surface area contributed by atoms with Crippen molar-refractivity contribution in [3.05, 3.63) is 23.8 Å². The number of anilines is 1. The first kappa shape index (κ1) is 17.8. The van der Waals surface area contributed by atoms with E-state index in [0.717, 1.165) is 9.87 Å². The van der Waals surface area contributed by atoms with Crippen molar-refractivity contribution >= 4 is 22.6 Å². The second-order valence-corrected chi connectivity index (χ2v) is 7.45. The summed E-state index contributed by atoms with van der Waals surface area (Å²) in [5.74, 6) is -0.226. The third-order valence-corrected chi connectivity index (χ3v) is 5.03. The van der Waals surface area contributed by atoms with Crippen molar-refractivity contribution in [3.63, 3.8) is 0 Å². The Morgan fingerprint density at radius 2 is 2.17 bits per heavy atom. The fraction of sp³-hybridized carbons (Fsp3) is 0.500. The summed E-state index contributed by atoms with van der Waals surface area (Å²) in [6.45, 7) is 4.04. The van der Waals surface area contributed by atoms with Crippen LogP contribution in [0.3, 0.4) is 0 Å². The summed E-state index contributed by atoms with van der Waals surface area (Å²) in [7, 11) is -3.35. The van der Waals surface area contributed by atoms with Gasteiger partial charge >= 0.3 is 0 Å². The second-order valence-electron chi connectivity index (χ2n) is 5.73. The molecule has 9 heteroatoms. The number of aromatic hydroxyl groups is 1.